The van der Waals surface area contributed by atoms with E-state index >= 15 is 0 Å². The summed E-state index contributed by atoms with van der Waals surface area (Å²) in [7, 11) is -1.18. The van der Waals surface area contributed by atoms with Crippen molar-refractivity contribution < 1.29 is 18.8 Å². The fourth-order valence-corrected chi connectivity index (χ4v) is 4.12. The van der Waals surface area contributed by atoms with Gasteiger partial charge in [0.05, 0.1) is 48.1 Å². The molecule has 1 aliphatic heterocycles. The normalized spacial score (nSPS) is 24.3. The van der Waals surface area contributed by atoms with E-state index in [1.54, 1.807) is 0 Å². The molecule has 25 heavy (non-hydrogen) atoms. The van der Waals surface area contributed by atoms with Crippen molar-refractivity contribution in [3.05, 3.63) is 65.7 Å². The van der Waals surface area contributed by atoms with Crippen molar-refractivity contribution >= 4 is 10.8 Å². The molecule has 0 amide bonds. The van der Waals surface area contributed by atoms with E-state index < -0.39 is 23.0 Å². The molecule has 0 aromatic heterocycles. The van der Waals surface area contributed by atoms with Crippen LogP contribution in [0.3, 0.4) is 0 Å². The molecule has 2 aromatic rings. The van der Waals surface area contributed by atoms with Crippen LogP contribution in [0.1, 0.15) is 17.5 Å². The number of rotatable bonds is 7. The lowest BCUT2D eigenvalue weighted by molar-refractivity contribution is -0.0223. The number of aryl methyl sites for hydroxylation is 1. The zero-order valence-electron chi connectivity index (χ0n) is 14.3. The molecular formula is C20H24O4S. The molecule has 5 heteroatoms. The van der Waals surface area contributed by atoms with Crippen LogP contribution in [0, 0.1) is 6.92 Å². The molecule has 2 aromatic carbocycles. The second kappa shape index (κ2) is 8.72. The molecule has 1 fully saturated rings. The number of aliphatic hydroxyl groups excluding tert-OH is 1. The molecule has 1 unspecified atom stereocenters. The summed E-state index contributed by atoms with van der Waals surface area (Å²) in [4.78, 5) is 0.769. The number of ether oxygens (including phenoxy) is 2. The third kappa shape index (κ3) is 5.22. The highest BCUT2D eigenvalue weighted by Crippen LogP contribution is 2.23. The van der Waals surface area contributed by atoms with Gasteiger partial charge in [0.1, 0.15) is 0 Å². The number of hydrogen-bond donors (Lipinski definition) is 1. The van der Waals surface area contributed by atoms with Gasteiger partial charge in [0.25, 0.3) is 0 Å². The van der Waals surface area contributed by atoms with Crippen molar-refractivity contribution in [1.82, 2.24) is 0 Å². The van der Waals surface area contributed by atoms with Crippen LogP contribution in [-0.4, -0.2) is 40.0 Å². The first-order chi connectivity index (χ1) is 12.1. The summed E-state index contributed by atoms with van der Waals surface area (Å²) in [5, 5.41) is 10.2. The Bertz CT molecular complexity index is 687. The second-order valence-electron chi connectivity index (χ2n) is 6.43. The monoisotopic (exact) mass is 360 g/mol. The van der Waals surface area contributed by atoms with Gasteiger partial charge in [0, 0.05) is 11.3 Å². The van der Waals surface area contributed by atoms with Crippen LogP contribution in [0.4, 0.5) is 0 Å². The standard InChI is InChI=1S/C20H24O4S/c1-15-7-9-18(10-8-15)25(22)14-20-19(21)11-17(24-20)13-23-12-16-5-3-2-4-6-16/h2-10,17,19-21H,11-14H2,1H3/t17-,19+,20-,25?/m0/s1. The SMILES string of the molecule is Cc1ccc(S(=O)C[C@@H]2O[C@H](COCc3ccccc3)C[C@H]2O)cc1. The summed E-state index contributed by atoms with van der Waals surface area (Å²) in [6, 6.07) is 17.6. The minimum atomic E-state index is -1.18. The summed E-state index contributed by atoms with van der Waals surface area (Å²) in [5.74, 6) is 0.305. The first kappa shape index (κ1) is 18.3. The van der Waals surface area contributed by atoms with E-state index in [1.807, 2.05) is 61.5 Å². The lowest BCUT2D eigenvalue weighted by Crippen LogP contribution is -2.27. The molecule has 1 N–H and O–H groups in total. The zero-order valence-corrected chi connectivity index (χ0v) is 15.2. The van der Waals surface area contributed by atoms with Crippen LogP contribution in [0.5, 0.6) is 0 Å². The van der Waals surface area contributed by atoms with Gasteiger partial charge in [-0.25, -0.2) is 0 Å². The highest BCUT2D eigenvalue weighted by atomic mass is 32.2. The molecule has 1 aliphatic rings. The predicted octanol–water partition coefficient (Wildman–Crippen LogP) is 2.84. The van der Waals surface area contributed by atoms with Crippen LogP contribution in [0.2, 0.25) is 0 Å². The molecule has 1 heterocycles. The Balaban J connectivity index is 1.46. The van der Waals surface area contributed by atoms with E-state index in [-0.39, 0.29) is 6.10 Å². The summed E-state index contributed by atoms with van der Waals surface area (Å²) in [5.41, 5.74) is 2.24. The molecule has 1 saturated heterocycles. The van der Waals surface area contributed by atoms with Crippen LogP contribution >= 0.6 is 0 Å². The van der Waals surface area contributed by atoms with Gasteiger partial charge in [-0.1, -0.05) is 48.0 Å². The predicted molar refractivity (Wildman–Crippen MR) is 97.8 cm³/mol. The van der Waals surface area contributed by atoms with Crippen molar-refractivity contribution in [3.8, 4) is 0 Å². The van der Waals surface area contributed by atoms with Gasteiger partial charge in [-0.05, 0) is 24.6 Å². The Hall–Kier alpha value is -1.53. The molecule has 4 atom stereocenters. The van der Waals surface area contributed by atoms with E-state index in [4.69, 9.17) is 9.47 Å². The van der Waals surface area contributed by atoms with Crippen molar-refractivity contribution in [2.45, 2.75) is 43.2 Å². The van der Waals surface area contributed by atoms with E-state index in [1.165, 1.54) is 0 Å². The van der Waals surface area contributed by atoms with Crippen LogP contribution in [-0.2, 0) is 26.9 Å². The Morgan fingerprint density at radius 2 is 1.88 bits per heavy atom. The van der Waals surface area contributed by atoms with E-state index in [0.29, 0.717) is 25.4 Å². The van der Waals surface area contributed by atoms with E-state index in [2.05, 4.69) is 0 Å². The van der Waals surface area contributed by atoms with Gasteiger partial charge in [-0.3, -0.25) is 4.21 Å². The lowest BCUT2D eigenvalue weighted by atomic mass is 10.1. The summed E-state index contributed by atoms with van der Waals surface area (Å²) >= 11 is 0. The van der Waals surface area contributed by atoms with Gasteiger partial charge < -0.3 is 14.6 Å². The zero-order chi connectivity index (χ0) is 17.6. The summed E-state index contributed by atoms with van der Waals surface area (Å²) in [6.07, 6.45) is -0.643. The third-order valence-corrected chi connectivity index (χ3v) is 5.74. The molecular weight excluding hydrogens is 336 g/mol. The molecule has 0 spiro atoms. The number of hydrogen-bond acceptors (Lipinski definition) is 4. The van der Waals surface area contributed by atoms with E-state index in [9.17, 15) is 9.32 Å². The number of benzene rings is 2. The fraction of sp³-hybridized carbons (Fsp3) is 0.400. The van der Waals surface area contributed by atoms with E-state index in [0.717, 1.165) is 16.0 Å². The van der Waals surface area contributed by atoms with Gasteiger partial charge in [-0.2, -0.15) is 0 Å². The average Bonchev–Trinajstić information content (AvgIpc) is 2.96. The van der Waals surface area contributed by atoms with Crippen molar-refractivity contribution in [2.75, 3.05) is 12.4 Å². The van der Waals surface area contributed by atoms with Crippen molar-refractivity contribution in [1.29, 1.82) is 0 Å². The largest absolute Gasteiger partial charge is 0.390 e. The smallest absolute Gasteiger partial charge is 0.0958 e. The minimum absolute atomic E-state index is 0.154. The first-order valence-electron chi connectivity index (χ1n) is 8.52. The molecule has 0 aliphatic carbocycles. The number of aliphatic hydroxyl groups is 1. The van der Waals surface area contributed by atoms with Gasteiger partial charge in [0.2, 0.25) is 0 Å². The Kier molecular flexibility index (Phi) is 6.37. The molecule has 3 rings (SSSR count). The molecule has 0 bridgehead atoms. The quantitative estimate of drug-likeness (QED) is 0.825. The maximum Gasteiger partial charge on any atom is 0.0958 e. The fourth-order valence-electron chi connectivity index (χ4n) is 2.89. The summed E-state index contributed by atoms with van der Waals surface area (Å²) < 4.78 is 24.0. The third-order valence-electron chi connectivity index (χ3n) is 4.32. The molecule has 0 saturated carbocycles. The topological polar surface area (TPSA) is 55.8 Å². The van der Waals surface area contributed by atoms with Gasteiger partial charge >= 0.3 is 0 Å². The van der Waals surface area contributed by atoms with Crippen molar-refractivity contribution in [3.63, 3.8) is 0 Å². The van der Waals surface area contributed by atoms with Crippen molar-refractivity contribution in [2.24, 2.45) is 0 Å². The Labute approximate surface area is 151 Å². The molecule has 4 nitrogen and oxygen atoms in total. The summed E-state index contributed by atoms with van der Waals surface area (Å²) in [6.45, 7) is 2.95. The van der Waals surface area contributed by atoms with Crippen LogP contribution < -0.4 is 0 Å². The molecule has 134 valence electrons. The maximum atomic E-state index is 12.5. The van der Waals surface area contributed by atoms with Crippen LogP contribution in [0.25, 0.3) is 0 Å². The highest BCUT2D eigenvalue weighted by molar-refractivity contribution is 7.85. The first-order valence-corrected chi connectivity index (χ1v) is 9.84. The maximum absolute atomic E-state index is 12.5. The Morgan fingerprint density at radius 3 is 2.60 bits per heavy atom. The average molecular weight is 360 g/mol. The Morgan fingerprint density at radius 1 is 1.16 bits per heavy atom. The van der Waals surface area contributed by atoms with Gasteiger partial charge in [0.15, 0.2) is 0 Å². The second-order valence-corrected chi connectivity index (χ2v) is 7.92. The molecule has 0 radical (unpaired) electrons. The van der Waals surface area contributed by atoms with Gasteiger partial charge in [-0.15, -0.1) is 0 Å². The lowest BCUT2D eigenvalue weighted by Gasteiger charge is -2.15. The highest BCUT2D eigenvalue weighted by Gasteiger charge is 2.35. The minimum Gasteiger partial charge on any atom is -0.390 e. The van der Waals surface area contributed by atoms with Crippen LogP contribution in [0.15, 0.2) is 59.5 Å².